The number of morpholine rings is 1. The standard InChI is InChI=1S/C13H14N6O3/c14-9-11(13(15)18-5-7-22-8-6-18)17-16-10-3-1-2-4-12(10)19(20)21/h1-4,15-16H,5-8H2. The van der Waals surface area contributed by atoms with E-state index in [-0.39, 0.29) is 22.9 Å². The molecular formula is C13H14N6O3. The number of nitro groups is 1. The van der Waals surface area contributed by atoms with Crippen molar-refractivity contribution in [2.45, 2.75) is 0 Å². The van der Waals surface area contributed by atoms with Gasteiger partial charge >= 0.3 is 0 Å². The maximum absolute atomic E-state index is 10.9. The zero-order chi connectivity index (χ0) is 15.9. The van der Waals surface area contributed by atoms with Crippen LogP contribution in [0.2, 0.25) is 0 Å². The lowest BCUT2D eigenvalue weighted by Crippen LogP contribution is -2.43. The SMILES string of the molecule is N#CC(=NNc1ccccc1[N+](=O)[O-])C(=N)N1CCOCC1. The van der Waals surface area contributed by atoms with Crippen LogP contribution in [0.4, 0.5) is 11.4 Å². The molecule has 0 radical (unpaired) electrons. The topological polar surface area (TPSA) is 128 Å². The summed E-state index contributed by atoms with van der Waals surface area (Å²) in [4.78, 5) is 12.0. The highest BCUT2D eigenvalue weighted by Crippen LogP contribution is 2.23. The Hall–Kier alpha value is -2.99. The summed E-state index contributed by atoms with van der Waals surface area (Å²) in [6.07, 6.45) is 0. The second kappa shape index (κ2) is 7.14. The number of nitrogens with zero attached hydrogens (tertiary/aromatic N) is 4. The molecule has 0 bridgehead atoms. The monoisotopic (exact) mass is 302 g/mol. The first-order valence-corrected chi connectivity index (χ1v) is 6.52. The van der Waals surface area contributed by atoms with Gasteiger partial charge in [0.2, 0.25) is 5.71 Å². The Bertz CT molecular complexity index is 645. The molecule has 1 aliphatic heterocycles. The smallest absolute Gasteiger partial charge is 0.294 e. The van der Waals surface area contributed by atoms with E-state index < -0.39 is 4.92 Å². The number of benzene rings is 1. The summed E-state index contributed by atoms with van der Waals surface area (Å²) in [7, 11) is 0. The molecule has 0 atom stereocenters. The van der Waals surface area contributed by atoms with Crippen molar-refractivity contribution in [3.8, 4) is 6.07 Å². The number of hydrazone groups is 1. The molecule has 1 aromatic rings. The molecule has 2 rings (SSSR count). The van der Waals surface area contributed by atoms with Crippen molar-refractivity contribution in [2.24, 2.45) is 5.10 Å². The van der Waals surface area contributed by atoms with Crippen LogP contribution < -0.4 is 5.43 Å². The number of nitro benzene ring substituents is 1. The number of nitriles is 1. The first kappa shape index (κ1) is 15.4. The molecule has 0 unspecified atom stereocenters. The lowest BCUT2D eigenvalue weighted by molar-refractivity contribution is -0.384. The zero-order valence-corrected chi connectivity index (χ0v) is 11.7. The number of rotatable bonds is 4. The number of para-hydroxylation sites is 2. The number of hydrogen-bond acceptors (Lipinski definition) is 7. The minimum Gasteiger partial charge on any atom is -0.378 e. The predicted octanol–water partition coefficient (Wildman–Crippen LogP) is 1.20. The van der Waals surface area contributed by atoms with E-state index >= 15 is 0 Å². The summed E-state index contributed by atoms with van der Waals surface area (Å²) < 4.78 is 5.18. The molecule has 0 aliphatic carbocycles. The normalized spacial score (nSPS) is 15.0. The third-order valence-corrected chi connectivity index (χ3v) is 3.05. The summed E-state index contributed by atoms with van der Waals surface area (Å²) in [5.41, 5.74) is 2.36. The highest BCUT2D eigenvalue weighted by Gasteiger charge is 2.19. The van der Waals surface area contributed by atoms with Crippen LogP contribution in [0.15, 0.2) is 29.4 Å². The molecule has 2 N–H and O–H groups in total. The minimum atomic E-state index is -0.544. The van der Waals surface area contributed by atoms with Gasteiger partial charge in [-0.25, -0.2) is 0 Å². The molecule has 0 aromatic heterocycles. The Morgan fingerprint density at radius 3 is 2.77 bits per heavy atom. The van der Waals surface area contributed by atoms with Gasteiger partial charge in [0.05, 0.1) is 18.1 Å². The average Bonchev–Trinajstić information content (AvgIpc) is 2.56. The molecule has 1 fully saturated rings. The summed E-state index contributed by atoms with van der Waals surface area (Å²) in [6.45, 7) is 1.98. The van der Waals surface area contributed by atoms with E-state index in [2.05, 4.69) is 10.5 Å². The third-order valence-electron chi connectivity index (χ3n) is 3.05. The quantitative estimate of drug-likeness (QED) is 0.372. The fourth-order valence-corrected chi connectivity index (χ4v) is 1.91. The van der Waals surface area contributed by atoms with Crippen LogP contribution in [0.25, 0.3) is 0 Å². The average molecular weight is 302 g/mol. The van der Waals surface area contributed by atoms with E-state index in [0.29, 0.717) is 26.3 Å². The predicted molar refractivity (Wildman–Crippen MR) is 79.9 cm³/mol. The molecule has 0 amide bonds. The van der Waals surface area contributed by atoms with E-state index in [1.165, 1.54) is 18.2 Å². The zero-order valence-electron chi connectivity index (χ0n) is 11.7. The van der Waals surface area contributed by atoms with E-state index in [4.69, 9.17) is 15.4 Å². The van der Waals surface area contributed by atoms with Crippen LogP contribution in [-0.4, -0.2) is 47.7 Å². The summed E-state index contributed by atoms with van der Waals surface area (Å²) in [5.74, 6) is -0.0307. The lowest BCUT2D eigenvalue weighted by Gasteiger charge is -2.28. The summed E-state index contributed by atoms with van der Waals surface area (Å²) >= 11 is 0. The first-order valence-electron chi connectivity index (χ1n) is 6.52. The van der Waals surface area contributed by atoms with E-state index in [1.54, 1.807) is 11.0 Å². The van der Waals surface area contributed by atoms with Crippen molar-refractivity contribution in [3.63, 3.8) is 0 Å². The number of amidine groups is 1. The molecule has 1 saturated heterocycles. The fraction of sp³-hybridized carbons (Fsp3) is 0.308. The van der Waals surface area contributed by atoms with Gasteiger partial charge in [-0.15, -0.1) is 0 Å². The Kier molecular flexibility index (Phi) is 5.00. The largest absolute Gasteiger partial charge is 0.378 e. The second-order valence-corrected chi connectivity index (χ2v) is 4.41. The Morgan fingerprint density at radius 2 is 2.14 bits per heavy atom. The summed E-state index contributed by atoms with van der Waals surface area (Å²) in [6, 6.07) is 7.79. The molecule has 114 valence electrons. The van der Waals surface area contributed by atoms with Gasteiger partial charge < -0.3 is 9.64 Å². The van der Waals surface area contributed by atoms with Crippen molar-refractivity contribution in [1.82, 2.24) is 4.90 Å². The molecule has 1 heterocycles. The van der Waals surface area contributed by atoms with Crippen molar-refractivity contribution >= 4 is 22.9 Å². The molecule has 9 nitrogen and oxygen atoms in total. The van der Waals surface area contributed by atoms with Crippen molar-refractivity contribution in [1.29, 1.82) is 10.7 Å². The number of nitrogens with one attached hydrogen (secondary N) is 2. The summed E-state index contributed by atoms with van der Waals surface area (Å²) in [5, 5.41) is 31.8. The van der Waals surface area contributed by atoms with Crippen LogP contribution in [0.1, 0.15) is 0 Å². The fourth-order valence-electron chi connectivity index (χ4n) is 1.91. The first-order chi connectivity index (χ1) is 10.6. The molecule has 0 spiro atoms. The van der Waals surface area contributed by atoms with Crippen LogP contribution in [-0.2, 0) is 4.74 Å². The Morgan fingerprint density at radius 1 is 1.45 bits per heavy atom. The Balaban J connectivity index is 2.15. The molecule has 9 heteroatoms. The van der Waals surface area contributed by atoms with Gasteiger partial charge in [-0.05, 0) is 6.07 Å². The number of anilines is 1. The third kappa shape index (κ3) is 3.56. The van der Waals surface area contributed by atoms with Crippen LogP contribution in [0.3, 0.4) is 0 Å². The van der Waals surface area contributed by atoms with Crippen molar-refractivity contribution in [3.05, 3.63) is 34.4 Å². The van der Waals surface area contributed by atoms with Crippen LogP contribution >= 0.6 is 0 Å². The minimum absolute atomic E-state index is 0.0307. The van der Waals surface area contributed by atoms with Crippen LogP contribution in [0.5, 0.6) is 0 Å². The molecule has 22 heavy (non-hydrogen) atoms. The van der Waals surface area contributed by atoms with Crippen molar-refractivity contribution in [2.75, 3.05) is 31.7 Å². The highest BCUT2D eigenvalue weighted by molar-refractivity contribution is 6.46. The van der Waals surface area contributed by atoms with E-state index in [9.17, 15) is 10.1 Å². The maximum Gasteiger partial charge on any atom is 0.294 e. The number of ether oxygens (including phenoxy) is 1. The van der Waals surface area contributed by atoms with E-state index in [1.807, 2.05) is 6.07 Å². The maximum atomic E-state index is 10.9. The van der Waals surface area contributed by atoms with Gasteiger partial charge in [-0.1, -0.05) is 12.1 Å². The van der Waals surface area contributed by atoms with Gasteiger partial charge in [-0.2, -0.15) is 10.4 Å². The highest BCUT2D eigenvalue weighted by atomic mass is 16.6. The van der Waals surface area contributed by atoms with Crippen LogP contribution in [0, 0.1) is 26.9 Å². The molecule has 1 aromatic carbocycles. The van der Waals surface area contributed by atoms with E-state index in [0.717, 1.165) is 0 Å². The lowest BCUT2D eigenvalue weighted by atomic mass is 10.3. The van der Waals surface area contributed by atoms with Crippen molar-refractivity contribution < 1.29 is 9.66 Å². The van der Waals surface area contributed by atoms with Gasteiger partial charge in [0.15, 0.2) is 5.84 Å². The van der Waals surface area contributed by atoms with Gasteiger partial charge in [0.25, 0.3) is 5.69 Å². The van der Waals surface area contributed by atoms with Gasteiger partial charge in [0, 0.05) is 19.2 Å². The Labute approximate surface area is 126 Å². The molecule has 1 aliphatic rings. The number of hydrogen-bond donors (Lipinski definition) is 2. The van der Waals surface area contributed by atoms with Gasteiger partial charge in [0.1, 0.15) is 11.8 Å². The molecule has 0 saturated carbocycles. The molecular weight excluding hydrogens is 288 g/mol. The second-order valence-electron chi connectivity index (χ2n) is 4.41. The van der Waals surface area contributed by atoms with Gasteiger partial charge in [-0.3, -0.25) is 20.9 Å².